The Morgan fingerprint density at radius 3 is 2.76 bits per heavy atom. The second kappa shape index (κ2) is 5.06. The van der Waals surface area contributed by atoms with Crippen LogP contribution >= 0.6 is 23.1 Å². The standard InChI is InChI=1S/C12H14N2OS2/c1-7-5-13-12(14-11(7)15)16-6-10-4-8(2)17-9(10)3/h4-5H,6H2,1-3H3,(H,13,14,15). The van der Waals surface area contributed by atoms with Crippen LogP contribution in [0.15, 0.2) is 22.2 Å². The first-order chi connectivity index (χ1) is 8.06. The highest BCUT2D eigenvalue weighted by Gasteiger charge is 2.05. The Morgan fingerprint density at radius 2 is 2.18 bits per heavy atom. The van der Waals surface area contributed by atoms with Crippen molar-refractivity contribution in [3.8, 4) is 0 Å². The van der Waals surface area contributed by atoms with E-state index in [1.54, 1.807) is 36.2 Å². The van der Waals surface area contributed by atoms with E-state index >= 15 is 0 Å². The number of nitrogens with one attached hydrogen (secondary N) is 1. The monoisotopic (exact) mass is 266 g/mol. The molecule has 0 atom stereocenters. The molecule has 0 unspecified atom stereocenters. The summed E-state index contributed by atoms with van der Waals surface area (Å²) < 4.78 is 0. The molecule has 0 aliphatic carbocycles. The summed E-state index contributed by atoms with van der Waals surface area (Å²) in [4.78, 5) is 21.0. The van der Waals surface area contributed by atoms with Crippen LogP contribution in [0.5, 0.6) is 0 Å². The van der Waals surface area contributed by atoms with Gasteiger partial charge in [0.15, 0.2) is 5.16 Å². The van der Waals surface area contributed by atoms with Crippen molar-refractivity contribution in [2.75, 3.05) is 0 Å². The molecule has 0 radical (unpaired) electrons. The molecule has 2 rings (SSSR count). The third-order valence-electron chi connectivity index (χ3n) is 2.46. The van der Waals surface area contributed by atoms with Crippen LogP contribution in [0.3, 0.4) is 0 Å². The van der Waals surface area contributed by atoms with Crippen LogP contribution in [-0.4, -0.2) is 9.97 Å². The summed E-state index contributed by atoms with van der Waals surface area (Å²) in [5.74, 6) is 0.849. The van der Waals surface area contributed by atoms with E-state index in [1.165, 1.54) is 15.3 Å². The largest absolute Gasteiger partial charge is 0.301 e. The highest BCUT2D eigenvalue weighted by Crippen LogP contribution is 2.26. The topological polar surface area (TPSA) is 45.8 Å². The second-order valence-corrected chi connectivity index (χ2v) is 6.35. The lowest BCUT2D eigenvalue weighted by Crippen LogP contribution is -2.10. The van der Waals surface area contributed by atoms with E-state index in [1.807, 2.05) is 0 Å². The zero-order valence-corrected chi connectivity index (χ0v) is 11.7. The van der Waals surface area contributed by atoms with E-state index in [0.29, 0.717) is 10.7 Å². The molecule has 3 nitrogen and oxygen atoms in total. The fraction of sp³-hybridized carbons (Fsp3) is 0.333. The number of rotatable bonds is 3. The molecule has 0 spiro atoms. The summed E-state index contributed by atoms with van der Waals surface area (Å²) in [5.41, 5.74) is 1.92. The van der Waals surface area contributed by atoms with Gasteiger partial charge >= 0.3 is 0 Å². The Labute approximate surface area is 108 Å². The van der Waals surface area contributed by atoms with Gasteiger partial charge in [0, 0.05) is 27.3 Å². The lowest BCUT2D eigenvalue weighted by atomic mass is 10.3. The molecular weight excluding hydrogens is 252 g/mol. The van der Waals surface area contributed by atoms with Gasteiger partial charge in [-0.2, -0.15) is 0 Å². The SMILES string of the molecule is Cc1cc(CSc2ncc(C)c(=O)[nH]2)c(C)s1. The van der Waals surface area contributed by atoms with Gasteiger partial charge in [-0.05, 0) is 32.4 Å². The lowest BCUT2D eigenvalue weighted by Gasteiger charge is -2.00. The molecule has 0 amide bonds. The van der Waals surface area contributed by atoms with Crippen molar-refractivity contribution in [2.45, 2.75) is 31.7 Å². The number of thiophene rings is 1. The number of H-pyrrole nitrogens is 1. The average Bonchev–Trinajstić information content (AvgIpc) is 2.59. The van der Waals surface area contributed by atoms with Gasteiger partial charge in [-0.15, -0.1) is 11.3 Å². The predicted octanol–water partition coefficient (Wildman–Crippen LogP) is 3.05. The van der Waals surface area contributed by atoms with Crippen molar-refractivity contribution in [1.29, 1.82) is 0 Å². The maximum atomic E-state index is 11.4. The summed E-state index contributed by atoms with van der Waals surface area (Å²) in [6.07, 6.45) is 1.62. The number of nitrogens with zero attached hydrogens (tertiary/aromatic N) is 1. The first-order valence-corrected chi connectivity index (χ1v) is 7.11. The molecule has 5 heteroatoms. The molecule has 2 aromatic heterocycles. The Morgan fingerprint density at radius 1 is 1.41 bits per heavy atom. The highest BCUT2D eigenvalue weighted by atomic mass is 32.2. The molecule has 0 aromatic carbocycles. The predicted molar refractivity (Wildman–Crippen MR) is 72.9 cm³/mol. The number of aryl methyl sites for hydroxylation is 3. The zero-order chi connectivity index (χ0) is 12.4. The summed E-state index contributed by atoms with van der Waals surface area (Å²) in [6, 6.07) is 2.19. The van der Waals surface area contributed by atoms with Crippen LogP contribution in [0, 0.1) is 20.8 Å². The lowest BCUT2D eigenvalue weighted by molar-refractivity contribution is 0.917. The van der Waals surface area contributed by atoms with E-state index in [2.05, 4.69) is 29.9 Å². The van der Waals surface area contributed by atoms with Crippen molar-refractivity contribution in [1.82, 2.24) is 9.97 Å². The normalized spacial score (nSPS) is 10.8. The maximum Gasteiger partial charge on any atom is 0.254 e. The van der Waals surface area contributed by atoms with Crippen molar-refractivity contribution >= 4 is 23.1 Å². The van der Waals surface area contributed by atoms with Gasteiger partial charge in [-0.1, -0.05) is 11.8 Å². The molecule has 0 saturated carbocycles. The van der Waals surface area contributed by atoms with Crippen molar-refractivity contribution in [3.05, 3.63) is 43.5 Å². The first-order valence-electron chi connectivity index (χ1n) is 5.31. The van der Waals surface area contributed by atoms with E-state index in [4.69, 9.17) is 0 Å². The van der Waals surface area contributed by atoms with E-state index in [9.17, 15) is 4.79 Å². The molecular formula is C12H14N2OS2. The van der Waals surface area contributed by atoms with Crippen LogP contribution in [-0.2, 0) is 5.75 Å². The Bertz CT molecular complexity index is 586. The molecule has 2 heterocycles. The zero-order valence-electron chi connectivity index (χ0n) is 10.0. The third-order valence-corrected chi connectivity index (χ3v) is 4.41. The van der Waals surface area contributed by atoms with Crippen LogP contribution in [0.1, 0.15) is 20.9 Å². The van der Waals surface area contributed by atoms with Gasteiger partial charge in [0.25, 0.3) is 5.56 Å². The van der Waals surface area contributed by atoms with Gasteiger partial charge in [-0.25, -0.2) is 4.98 Å². The van der Waals surface area contributed by atoms with Gasteiger partial charge < -0.3 is 4.98 Å². The molecule has 0 fully saturated rings. The van der Waals surface area contributed by atoms with Gasteiger partial charge in [-0.3, -0.25) is 4.79 Å². The summed E-state index contributed by atoms with van der Waals surface area (Å²) in [5, 5.41) is 0.684. The number of hydrogen-bond acceptors (Lipinski definition) is 4. The van der Waals surface area contributed by atoms with Crippen molar-refractivity contribution in [2.24, 2.45) is 0 Å². The third kappa shape index (κ3) is 2.98. The van der Waals surface area contributed by atoms with Crippen LogP contribution < -0.4 is 5.56 Å². The number of thioether (sulfide) groups is 1. The summed E-state index contributed by atoms with van der Waals surface area (Å²) >= 11 is 3.37. The molecule has 0 saturated heterocycles. The van der Waals surface area contributed by atoms with Gasteiger partial charge in [0.2, 0.25) is 0 Å². The fourth-order valence-corrected chi connectivity index (χ4v) is 3.41. The molecule has 0 aliphatic heterocycles. The van der Waals surface area contributed by atoms with Crippen molar-refractivity contribution in [3.63, 3.8) is 0 Å². The molecule has 17 heavy (non-hydrogen) atoms. The van der Waals surface area contributed by atoms with Crippen LogP contribution in [0.25, 0.3) is 0 Å². The molecule has 1 N–H and O–H groups in total. The van der Waals surface area contributed by atoms with E-state index < -0.39 is 0 Å². The second-order valence-electron chi connectivity index (χ2n) is 3.93. The summed E-state index contributed by atoms with van der Waals surface area (Å²) in [6.45, 7) is 5.99. The van der Waals surface area contributed by atoms with E-state index in [0.717, 1.165) is 5.75 Å². The van der Waals surface area contributed by atoms with Gasteiger partial charge in [0.1, 0.15) is 0 Å². The number of hydrogen-bond donors (Lipinski definition) is 1. The number of aromatic nitrogens is 2. The number of aromatic amines is 1. The minimum atomic E-state index is -0.0549. The van der Waals surface area contributed by atoms with Crippen LogP contribution in [0.2, 0.25) is 0 Å². The highest BCUT2D eigenvalue weighted by molar-refractivity contribution is 7.98. The first kappa shape index (κ1) is 12.4. The van der Waals surface area contributed by atoms with Crippen molar-refractivity contribution < 1.29 is 0 Å². The Kier molecular flexibility index (Phi) is 3.69. The Hall–Kier alpha value is -1.07. The molecule has 90 valence electrons. The average molecular weight is 266 g/mol. The van der Waals surface area contributed by atoms with E-state index in [-0.39, 0.29) is 5.56 Å². The minimum Gasteiger partial charge on any atom is -0.301 e. The Balaban J connectivity index is 2.10. The summed E-state index contributed by atoms with van der Waals surface area (Å²) in [7, 11) is 0. The fourth-order valence-electron chi connectivity index (χ4n) is 1.49. The molecule has 0 bridgehead atoms. The molecule has 0 aliphatic rings. The minimum absolute atomic E-state index is 0.0549. The smallest absolute Gasteiger partial charge is 0.254 e. The quantitative estimate of drug-likeness (QED) is 0.686. The van der Waals surface area contributed by atoms with Crippen LogP contribution in [0.4, 0.5) is 0 Å². The molecule has 2 aromatic rings. The maximum absolute atomic E-state index is 11.4. The van der Waals surface area contributed by atoms with Gasteiger partial charge in [0.05, 0.1) is 0 Å².